The molecule has 70 valence electrons. The van der Waals surface area contributed by atoms with E-state index in [9.17, 15) is 4.79 Å². The molecule has 0 aromatic heterocycles. The molecule has 0 bridgehead atoms. The summed E-state index contributed by atoms with van der Waals surface area (Å²) < 4.78 is 4.94. The van der Waals surface area contributed by atoms with E-state index < -0.39 is 0 Å². The molecule has 0 aromatic carbocycles. The van der Waals surface area contributed by atoms with Crippen LogP contribution in [0, 0.1) is 11.3 Å². The van der Waals surface area contributed by atoms with Crippen molar-refractivity contribution in [2.75, 3.05) is 6.61 Å². The van der Waals surface area contributed by atoms with Gasteiger partial charge in [-0.1, -0.05) is 13.8 Å². The Labute approximate surface area is 73.3 Å². The van der Waals surface area contributed by atoms with E-state index in [0.717, 1.165) is 6.42 Å². The summed E-state index contributed by atoms with van der Waals surface area (Å²) in [5, 5.41) is 0. The molecule has 0 saturated heterocycles. The first-order valence-electron chi connectivity index (χ1n) is 4.42. The molecular weight excluding hydrogens is 154 g/mol. The van der Waals surface area contributed by atoms with Crippen molar-refractivity contribution in [1.29, 1.82) is 0 Å². The van der Waals surface area contributed by atoms with E-state index in [0.29, 0.717) is 6.61 Å². The van der Waals surface area contributed by atoms with Crippen molar-refractivity contribution in [2.45, 2.75) is 33.2 Å². The zero-order chi connectivity index (χ0) is 9.35. The number of ether oxygens (including phenoxy) is 1. The molecule has 12 heavy (non-hydrogen) atoms. The average Bonchev–Trinajstić information content (AvgIpc) is 2.00. The van der Waals surface area contributed by atoms with Crippen LogP contribution in [-0.4, -0.2) is 18.6 Å². The monoisotopic (exact) mass is 171 g/mol. The van der Waals surface area contributed by atoms with Gasteiger partial charge in [0, 0.05) is 6.04 Å². The SMILES string of the molecule is CCOC(=O)[C@H]1C[C@H](N)C1(C)C. The lowest BCUT2D eigenvalue weighted by atomic mass is 9.59. The van der Waals surface area contributed by atoms with Crippen molar-refractivity contribution < 1.29 is 9.53 Å². The molecule has 0 radical (unpaired) electrons. The van der Waals surface area contributed by atoms with Crippen molar-refractivity contribution in [3.63, 3.8) is 0 Å². The maximum atomic E-state index is 11.3. The summed E-state index contributed by atoms with van der Waals surface area (Å²) in [5.74, 6) is -0.0864. The van der Waals surface area contributed by atoms with Gasteiger partial charge in [-0.15, -0.1) is 0 Å². The molecule has 0 heterocycles. The number of esters is 1. The van der Waals surface area contributed by atoms with Crippen LogP contribution < -0.4 is 5.73 Å². The lowest BCUT2D eigenvalue weighted by Gasteiger charge is -2.48. The Hall–Kier alpha value is -0.570. The van der Waals surface area contributed by atoms with Crippen molar-refractivity contribution in [1.82, 2.24) is 0 Å². The molecule has 2 atom stereocenters. The zero-order valence-electron chi connectivity index (χ0n) is 7.96. The number of carbonyl (C=O) groups is 1. The predicted molar refractivity (Wildman–Crippen MR) is 46.5 cm³/mol. The highest BCUT2D eigenvalue weighted by Crippen LogP contribution is 2.45. The highest BCUT2D eigenvalue weighted by Gasteiger charge is 2.50. The minimum Gasteiger partial charge on any atom is -0.466 e. The van der Waals surface area contributed by atoms with Crippen LogP contribution in [0.5, 0.6) is 0 Å². The van der Waals surface area contributed by atoms with Crippen LogP contribution in [0.25, 0.3) is 0 Å². The molecule has 3 nitrogen and oxygen atoms in total. The minimum atomic E-state index is -0.0933. The van der Waals surface area contributed by atoms with Crippen LogP contribution in [0.15, 0.2) is 0 Å². The molecule has 0 aromatic rings. The van der Waals surface area contributed by atoms with Crippen LogP contribution >= 0.6 is 0 Å². The predicted octanol–water partition coefficient (Wildman–Crippen LogP) is 0.923. The van der Waals surface area contributed by atoms with Gasteiger partial charge in [-0.3, -0.25) is 4.79 Å². The van der Waals surface area contributed by atoms with Gasteiger partial charge in [-0.2, -0.15) is 0 Å². The number of nitrogens with two attached hydrogens (primary N) is 1. The second-order valence-corrected chi connectivity index (χ2v) is 3.97. The Bertz CT molecular complexity index is 189. The van der Waals surface area contributed by atoms with E-state index in [-0.39, 0.29) is 23.3 Å². The second-order valence-electron chi connectivity index (χ2n) is 3.97. The van der Waals surface area contributed by atoms with Crippen LogP contribution in [0.3, 0.4) is 0 Å². The molecule has 2 N–H and O–H groups in total. The van der Waals surface area contributed by atoms with Crippen LogP contribution in [0.4, 0.5) is 0 Å². The van der Waals surface area contributed by atoms with E-state index in [1.165, 1.54) is 0 Å². The molecule has 1 fully saturated rings. The number of hydrogen-bond acceptors (Lipinski definition) is 3. The van der Waals surface area contributed by atoms with Crippen LogP contribution in [0.1, 0.15) is 27.2 Å². The summed E-state index contributed by atoms with van der Waals surface area (Å²) in [7, 11) is 0. The van der Waals surface area contributed by atoms with Gasteiger partial charge in [0.25, 0.3) is 0 Å². The van der Waals surface area contributed by atoms with E-state index in [4.69, 9.17) is 10.5 Å². The van der Waals surface area contributed by atoms with Gasteiger partial charge in [0.05, 0.1) is 12.5 Å². The Kier molecular flexibility index (Phi) is 2.42. The minimum absolute atomic E-state index is 0.00690. The average molecular weight is 171 g/mol. The molecule has 0 spiro atoms. The first-order valence-corrected chi connectivity index (χ1v) is 4.42. The quantitative estimate of drug-likeness (QED) is 0.629. The smallest absolute Gasteiger partial charge is 0.309 e. The first kappa shape index (κ1) is 9.52. The second kappa shape index (κ2) is 3.05. The maximum Gasteiger partial charge on any atom is 0.309 e. The van der Waals surface area contributed by atoms with Gasteiger partial charge in [-0.05, 0) is 18.8 Å². The van der Waals surface area contributed by atoms with Gasteiger partial charge >= 0.3 is 5.97 Å². The Balaban J connectivity index is 2.51. The topological polar surface area (TPSA) is 52.3 Å². The third-order valence-corrected chi connectivity index (χ3v) is 2.91. The number of carbonyl (C=O) groups excluding carboxylic acids is 1. The molecule has 1 saturated carbocycles. The molecule has 1 aliphatic rings. The molecule has 0 unspecified atom stereocenters. The number of rotatable bonds is 2. The van der Waals surface area contributed by atoms with E-state index >= 15 is 0 Å². The third kappa shape index (κ3) is 1.33. The fourth-order valence-electron chi connectivity index (χ4n) is 1.60. The van der Waals surface area contributed by atoms with E-state index in [1.54, 1.807) is 0 Å². The summed E-state index contributed by atoms with van der Waals surface area (Å²) in [5.41, 5.74) is 5.70. The summed E-state index contributed by atoms with van der Waals surface area (Å²) in [6, 6.07) is 0.145. The Morgan fingerprint density at radius 1 is 1.67 bits per heavy atom. The first-order chi connectivity index (χ1) is 5.50. The molecular formula is C9H17NO2. The normalized spacial score (nSPS) is 32.3. The van der Waals surface area contributed by atoms with Gasteiger partial charge in [0.1, 0.15) is 0 Å². The van der Waals surface area contributed by atoms with Gasteiger partial charge < -0.3 is 10.5 Å². The van der Waals surface area contributed by atoms with E-state index in [2.05, 4.69) is 0 Å². The fraction of sp³-hybridized carbons (Fsp3) is 0.889. The van der Waals surface area contributed by atoms with E-state index in [1.807, 2.05) is 20.8 Å². The molecule has 1 rings (SSSR count). The molecule has 0 amide bonds. The Morgan fingerprint density at radius 3 is 2.58 bits per heavy atom. The highest BCUT2D eigenvalue weighted by atomic mass is 16.5. The van der Waals surface area contributed by atoms with Crippen molar-refractivity contribution >= 4 is 5.97 Å². The summed E-state index contributed by atoms with van der Waals surface area (Å²) in [4.78, 5) is 11.3. The lowest BCUT2D eigenvalue weighted by molar-refractivity contribution is -0.160. The molecule has 1 aliphatic carbocycles. The third-order valence-electron chi connectivity index (χ3n) is 2.91. The van der Waals surface area contributed by atoms with Gasteiger partial charge in [-0.25, -0.2) is 0 Å². The standard InChI is InChI=1S/C9H17NO2/c1-4-12-8(11)6-5-7(10)9(6,2)3/h6-7H,4-5,10H2,1-3H3/t6-,7+/m1/s1. The highest BCUT2D eigenvalue weighted by molar-refractivity contribution is 5.75. The van der Waals surface area contributed by atoms with Crippen molar-refractivity contribution in [3.05, 3.63) is 0 Å². The van der Waals surface area contributed by atoms with Crippen LogP contribution in [-0.2, 0) is 9.53 Å². The Morgan fingerprint density at radius 2 is 2.25 bits per heavy atom. The largest absolute Gasteiger partial charge is 0.466 e. The van der Waals surface area contributed by atoms with Gasteiger partial charge in [0.2, 0.25) is 0 Å². The maximum absolute atomic E-state index is 11.3. The summed E-state index contributed by atoms with van der Waals surface area (Å²) in [6.45, 7) is 6.32. The zero-order valence-corrected chi connectivity index (χ0v) is 7.96. The number of hydrogen-bond donors (Lipinski definition) is 1. The summed E-state index contributed by atoms with van der Waals surface area (Å²) >= 11 is 0. The van der Waals surface area contributed by atoms with Crippen molar-refractivity contribution in [3.8, 4) is 0 Å². The molecule has 0 aliphatic heterocycles. The van der Waals surface area contributed by atoms with Gasteiger partial charge in [0.15, 0.2) is 0 Å². The van der Waals surface area contributed by atoms with Crippen molar-refractivity contribution in [2.24, 2.45) is 17.1 Å². The van der Waals surface area contributed by atoms with Crippen LogP contribution in [0.2, 0.25) is 0 Å². The molecule has 3 heteroatoms. The fourth-order valence-corrected chi connectivity index (χ4v) is 1.60. The lowest BCUT2D eigenvalue weighted by Crippen LogP contribution is -2.57. The summed E-state index contributed by atoms with van der Waals surface area (Å²) in [6.07, 6.45) is 0.770.